The molecule has 1 heterocycles. The van der Waals surface area contributed by atoms with Crippen LogP contribution < -0.4 is 9.84 Å². The zero-order valence-corrected chi connectivity index (χ0v) is 10.5. The minimum atomic E-state index is -2.61. The number of nitrogens with zero attached hydrogens (tertiary/aromatic N) is 2. The van der Waals surface area contributed by atoms with Crippen LogP contribution in [0.1, 0.15) is 10.4 Å². The van der Waals surface area contributed by atoms with Gasteiger partial charge in [0, 0.05) is 18.0 Å². The molecule has 1 aromatic heterocycles. The van der Waals surface area contributed by atoms with E-state index in [1.807, 2.05) is 0 Å². The monoisotopic (exact) mass is 276 g/mol. The van der Waals surface area contributed by atoms with Crippen LogP contribution in [0.4, 0.5) is 5.69 Å². The van der Waals surface area contributed by atoms with Crippen molar-refractivity contribution in [1.82, 2.24) is 10.4 Å². The Morgan fingerprint density at radius 1 is 1.16 bits per heavy atom. The Hall–Kier alpha value is -2.25. The van der Waals surface area contributed by atoms with Crippen molar-refractivity contribution in [2.45, 2.75) is 0 Å². The van der Waals surface area contributed by atoms with Crippen molar-refractivity contribution in [2.75, 3.05) is 4.41 Å². The maximum absolute atomic E-state index is 11.9. The smallest absolute Gasteiger partial charge is 0.270 e. The van der Waals surface area contributed by atoms with E-state index < -0.39 is 17.2 Å². The van der Waals surface area contributed by atoms with E-state index in [0.29, 0.717) is 11.3 Å². The predicted octanol–water partition coefficient (Wildman–Crippen LogP) is 1.03. The van der Waals surface area contributed by atoms with Gasteiger partial charge in [-0.15, -0.1) is 0 Å². The Balaban J connectivity index is 2.19. The molecule has 2 aromatic rings. The van der Waals surface area contributed by atoms with E-state index in [0.717, 1.165) is 4.41 Å². The molecular formula is C12H10N3O3S-. The number of carbonyl (C=O) groups excluding carboxylic acids is 1. The van der Waals surface area contributed by atoms with Gasteiger partial charge in [0.2, 0.25) is 0 Å². The molecule has 0 aliphatic rings. The summed E-state index contributed by atoms with van der Waals surface area (Å²) in [5.74, 6) is -0.532. The molecule has 0 saturated heterocycles. The van der Waals surface area contributed by atoms with Crippen LogP contribution in [0.3, 0.4) is 0 Å². The molecule has 19 heavy (non-hydrogen) atoms. The van der Waals surface area contributed by atoms with Gasteiger partial charge in [0.25, 0.3) is 5.91 Å². The van der Waals surface area contributed by atoms with Gasteiger partial charge < -0.3 is 4.55 Å². The molecule has 0 spiro atoms. The lowest BCUT2D eigenvalue weighted by Gasteiger charge is -2.26. The van der Waals surface area contributed by atoms with E-state index in [1.54, 1.807) is 30.3 Å². The van der Waals surface area contributed by atoms with E-state index >= 15 is 0 Å². The molecule has 1 amide bonds. The molecule has 0 bridgehead atoms. The molecule has 6 nitrogen and oxygen atoms in total. The molecule has 98 valence electrons. The number of benzene rings is 1. The van der Waals surface area contributed by atoms with Crippen molar-refractivity contribution >= 4 is 22.9 Å². The van der Waals surface area contributed by atoms with Gasteiger partial charge in [0.1, 0.15) is 0 Å². The molecule has 7 heteroatoms. The summed E-state index contributed by atoms with van der Waals surface area (Å²) >= 11 is -2.61. The van der Waals surface area contributed by atoms with Gasteiger partial charge in [-0.25, -0.2) is 4.41 Å². The summed E-state index contributed by atoms with van der Waals surface area (Å²) in [6.45, 7) is 0. The highest BCUT2D eigenvalue weighted by Gasteiger charge is 2.12. The average molecular weight is 276 g/mol. The lowest BCUT2D eigenvalue weighted by molar-refractivity contribution is 0.0955. The summed E-state index contributed by atoms with van der Waals surface area (Å²) in [4.78, 5) is 15.7. The zero-order valence-electron chi connectivity index (χ0n) is 9.72. The number of hydrogen-bond acceptors (Lipinski definition) is 4. The lowest BCUT2D eigenvalue weighted by Crippen LogP contribution is -2.43. The second-order valence-corrected chi connectivity index (χ2v) is 4.32. The molecular weight excluding hydrogens is 266 g/mol. The molecule has 2 rings (SSSR count). The van der Waals surface area contributed by atoms with Crippen molar-refractivity contribution in [1.29, 1.82) is 0 Å². The first-order chi connectivity index (χ1) is 9.18. The van der Waals surface area contributed by atoms with Gasteiger partial charge in [-0.1, -0.05) is 18.2 Å². The van der Waals surface area contributed by atoms with Crippen molar-refractivity contribution in [3.8, 4) is 0 Å². The van der Waals surface area contributed by atoms with E-state index in [-0.39, 0.29) is 0 Å². The second-order valence-electron chi connectivity index (χ2n) is 3.52. The normalized spacial score (nSPS) is 11.6. The largest absolute Gasteiger partial charge is 0.754 e. The molecule has 0 saturated carbocycles. The Morgan fingerprint density at radius 3 is 2.37 bits per heavy atom. The Morgan fingerprint density at radius 2 is 1.79 bits per heavy atom. The fourth-order valence-corrected chi connectivity index (χ4v) is 1.86. The summed E-state index contributed by atoms with van der Waals surface area (Å²) in [6, 6.07) is 11.2. The van der Waals surface area contributed by atoms with Crippen LogP contribution in [-0.2, 0) is 11.3 Å². The van der Waals surface area contributed by atoms with Gasteiger partial charge >= 0.3 is 0 Å². The zero-order chi connectivity index (χ0) is 13.7. The highest BCUT2D eigenvalue weighted by Crippen LogP contribution is 2.12. The number of amides is 1. The third-order valence-corrected chi connectivity index (χ3v) is 2.89. The van der Waals surface area contributed by atoms with Crippen molar-refractivity contribution < 1.29 is 13.6 Å². The Kier molecular flexibility index (Phi) is 4.22. The number of aromatic nitrogens is 1. The van der Waals surface area contributed by atoms with Gasteiger partial charge in [0.15, 0.2) is 0 Å². The highest BCUT2D eigenvalue weighted by atomic mass is 32.2. The molecule has 1 atom stereocenters. The van der Waals surface area contributed by atoms with E-state index in [9.17, 15) is 13.6 Å². The standard InChI is InChI=1S/C12H11N3O3S/c16-12(10-6-8-13-9-7-10)14-15(19(17)18)11-4-2-1-3-5-11/h1-9H,(H,14,16)(H,17,18)/p-1. The lowest BCUT2D eigenvalue weighted by atomic mass is 10.2. The van der Waals surface area contributed by atoms with Crippen LogP contribution in [0.5, 0.6) is 0 Å². The van der Waals surface area contributed by atoms with Crippen LogP contribution >= 0.6 is 0 Å². The topological polar surface area (TPSA) is 85.4 Å². The fraction of sp³-hybridized carbons (Fsp3) is 0. The fourth-order valence-electron chi connectivity index (χ4n) is 1.41. The number of rotatable bonds is 4. The highest BCUT2D eigenvalue weighted by molar-refractivity contribution is 7.80. The van der Waals surface area contributed by atoms with E-state index in [2.05, 4.69) is 10.4 Å². The van der Waals surface area contributed by atoms with Gasteiger partial charge in [-0.05, 0) is 24.3 Å². The molecule has 1 unspecified atom stereocenters. The number of para-hydroxylation sites is 1. The number of nitrogens with one attached hydrogen (secondary N) is 1. The number of anilines is 1. The summed E-state index contributed by atoms with van der Waals surface area (Å²) in [5, 5.41) is 0. The van der Waals surface area contributed by atoms with Gasteiger partial charge in [-0.2, -0.15) is 0 Å². The number of carbonyl (C=O) groups is 1. The molecule has 0 radical (unpaired) electrons. The summed E-state index contributed by atoms with van der Waals surface area (Å²) in [7, 11) is 0. The molecule has 0 fully saturated rings. The summed E-state index contributed by atoms with van der Waals surface area (Å²) in [6.07, 6.45) is 2.91. The minimum Gasteiger partial charge on any atom is -0.754 e. The summed E-state index contributed by atoms with van der Waals surface area (Å²) < 4.78 is 23.1. The second kappa shape index (κ2) is 6.07. The third-order valence-electron chi connectivity index (χ3n) is 2.29. The van der Waals surface area contributed by atoms with Gasteiger partial charge in [-0.3, -0.25) is 19.4 Å². The van der Waals surface area contributed by atoms with Crippen LogP contribution in [0, 0.1) is 0 Å². The van der Waals surface area contributed by atoms with Crippen LogP contribution in [-0.4, -0.2) is 19.7 Å². The SMILES string of the molecule is O=C(NN(c1ccccc1)S(=O)[O-])c1ccncc1. The summed E-state index contributed by atoms with van der Waals surface area (Å²) in [5.41, 5.74) is 2.97. The van der Waals surface area contributed by atoms with E-state index in [1.165, 1.54) is 24.5 Å². The third kappa shape index (κ3) is 3.36. The van der Waals surface area contributed by atoms with Crippen LogP contribution in [0.2, 0.25) is 0 Å². The molecule has 1 N–H and O–H groups in total. The van der Waals surface area contributed by atoms with Crippen LogP contribution in [0.15, 0.2) is 54.9 Å². The molecule has 0 aliphatic heterocycles. The molecule has 0 aliphatic carbocycles. The average Bonchev–Trinajstić information content (AvgIpc) is 2.46. The first-order valence-electron chi connectivity index (χ1n) is 5.34. The first kappa shape index (κ1) is 13.2. The van der Waals surface area contributed by atoms with E-state index in [4.69, 9.17) is 0 Å². The van der Waals surface area contributed by atoms with Gasteiger partial charge in [0.05, 0.1) is 17.0 Å². The Labute approximate surface area is 112 Å². The Bertz CT molecular complexity index is 577. The maximum atomic E-state index is 11.9. The predicted molar refractivity (Wildman–Crippen MR) is 69.5 cm³/mol. The van der Waals surface area contributed by atoms with Crippen molar-refractivity contribution in [3.05, 3.63) is 60.4 Å². The number of pyridine rings is 1. The maximum Gasteiger partial charge on any atom is 0.270 e. The molecule has 1 aromatic carbocycles. The number of hydrogen-bond donors (Lipinski definition) is 1. The van der Waals surface area contributed by atoms with Crippen molar-refractivity contribution in [2.24, 2.45) is 0 Å². The number of hydrazine groups is 1. The van der Waals surface area contributed by atoms with Crippen LogP contribution in [0.25, 0.3) is 0 Å². The minimum absolute atomic E-state index is 0.321. The van der Waals surface area contributed by atoms with Crippen molar-refractivity contribution in [3.63, 3.8) is 0 Å². The quantitative estimate of drug-likeness (QED) is 0.667. The first-order valence-corrected chi connectivity index (χ1v) is 6.37.